The van der Waals surface area contributed by atoms with Crippen molar-refractivity contribution in [2.24, 2.45) is 11.8 Å². The minimum Gasteiger partial charge on any atom is -0.481 e. The number of carbonyl (C=O) groups is 3. The maximum absolute atomic E-state index is 12.6. The average Bonchev–Trinajstić information content (AvgIpc) is 3.15. The molecule has 3 rings (SSSR count). The van der Waals surface area contributed by atoms with Gasteiger partial charge in [0.15, 0.2) is 0 Å². The molecule has 146 valence electrons. The average molecular weight is 365 g/mol. The van der Waals surface area contributed by atoms with Gasteiger partial charge in [0, 0.05) is 25.2 Å². The molecule has 0 aromatic heterocycles. The van der Waals surface area contributed by atoms with Crippen molar-refractivity contribution in [1.82, 2.24) is 15.5 Å². The molecule has 0 spiro atoms. The summed E-state index contributed by atoms with van der Waals surface area (Å²) in [4.78, 5) is 37.9. The van der Waals surface area contributed by atoms with E-state index >= 15 is 0 Å². The third-order valence-electron chi connectivity index (χ3n) is 6.18. The van der Waals surface area contributed by atoms with Gasteiger partial charge < -0.3 is 20.6 Å². The zero-order valence-electron chi connectivity index (χ0n) is 15.4. The van der Waals surface area contributed by atoms with Crippen LogP contribution in [0, 0.1) is 11.8 Å². The van der Waals surface area contributed by atoms with E-state index in [1.807, 2.05) is 0 Å². The quantitative estimate of drug-likeness (QED) is 0.710. The van der Waals surface area contributed by atoms with Crippen molar-refractivity contribution < 1.29 is 19.5 Å². The van der Waals surface area contributed by atoms with E-state index < -0.39 is 5.97 Å². The lowest BCUT2D eigenvalue weighted by Gasteiger charge is -2.34. The number of carbonyl (C=O) groups excluding carboxylic acids is 2. The van der Waals surface area contributed by atoms with Gasteiger partial charge in [-0.25, -0.2) is 4.79 Å². The maximum Gasteiger partial charge on any atom is 0.317 e. The lowest BCUT2D eigenvalue weighted by atomic mass is 9.85. The van der Waals surface area contributed by atoms with Crippen LogP contribution in [0.4, 0.5) is 4.79 Å². The topological polar surface area (TPSA) is 98.7 Å². The number of nitrogens with one attached hydrogen (secondary N) is 2. The molecule has 1 heterocycles. The lowest BCUT2D eigenvalue weighted by molar-refractivity contribution is -0.142. The number of likely N-dealkylation sites (tertiary alicyclic amines) is 1. The van der Waals surface area contributed by atoms with Crippen LogP contribution in [0.5, 0.6) is 0 Å². The van der Waals surface area contributed by atoms with Gasteiger partial charge in [0.2, 0.25) is 5.91 Å². The summed E-state index contributed by atoms with van der Waals surface area (Å²) >= 11 is 0. The number of carboxylic acids is 1. The van der Waals surface area contributed by atoms with Crippen molar-refractivity contribution in [3.63, 3.8) is 0 Å². The number of nitrogens with zero attached hydrogens (tertiary/aromatic N) is 1. The van der Waals surface area contributed by atoms with Crippen molar-refractivity contribution in [3.8, 4) is 0 Å². The molecule has 1 atom stereocenters. The Morgan fingerprint density at radius 3 is 2.08 bits per heavy atom. The van der Waals surface area contributed by atoms with Gasteiger partial charge in [0.05, 0.1) is 11.8 Å². The molecule has 7 heteroatoms. The Morgan fingerprint density at radius 1 is 0.769 bits per heavy atom. The molecule has 0 radical (unpaired) electrons. The number of carboxylic acid groups (broad SMARTS) is 1. The summed E-state index contributed by atoms with van der Waals surface area (Å²) in [6.45, 7) is 1.20. The molecular weight excluding hydrogens is 334 g/mol. The number of urea groups is 1. The summed E-state index contributed by atoms with van der Waals surface area (Å²) in [5, 5.41) is 15.3. The fourth-order valence-corrected chi connectivity index (χ4v) is 4.52. The summed E-state index contributed by atoms with van der Waals surface area (Å²) in [6, 6.07) is 0.332. The number of aliphatic carboxylic acids is 1. The van der Waals surface area contributed by atoms with Crippen molar-refractivity contribution in [3.05, 3.63) is 0 Å². The maximum atomic E-state index is 12.6. The SMILES string of the molecule is O=C(O)C1CCC(NC(=O)C2CCCN(C(=O)NC3CCCC3)C2)CC1. The molecule has 1 aliphatic heterocycles. The number of amides is 3. The lowest BCUT2D eigenvalue weighted by Crippen LogP contribution is -2.51. The first kappa shape index (κ1) is 19.0. The van der Waals surface area contributed by atoms with E-state index in [1.54, 1.807) is 4.90 Å². The molecule has 1 saturated heterocycles. The molecule has 3 amide bonds. The summed E-state index contributed by atoms with van der Waals surface area (Å²) in [5.74, 6) is -1.14. The summed E-state index contributed by atoms with van der Waals surface area (Å²) < 4.78 is 0. The van der Waals surface area contributed by atoms with Crippen molar-refractivity contribution >= 4 is 17.9 Å². The first-order valence-corrected chi connectivity index (χ1v) is 10.1. The second-order valence-corrected chi connectivity index (χ2v) is 8.11. The van der Waals surface area contributed by atoms with Crippen molar-refractivity contribution in [2.45, 2.75) is 76.3 Å². The van der Waals surface area contributed by atoms with Gasteiger partial charge in [0.25, 0.3) is 0 Å². The third kappa shape index (κ3) is 4.89. The third-order valence-corrected chi connectivity index (χ3v) is 6.18. The highest BCUT2D eigenvalue weighted by molar-refractivity contribution is 5.81. The largest absolute Gasteiger partial charge is 0.481 e. The normalized spacial score (nSPS) is 30.0. The number of hydrogen-bond donors (Lipinski definition) is 3. The zero-order chi connectivity index (χ0) is 18.5. The zero-order valence-corrected chi connectivity index (χ0v) is 15.4. The number of rotatable bonds is 4. The molecule has 2 aliphatic carbocycles. The van der Waals surface area contributed by atoms with Crippen LogP contribution in [0.3, 0.4) is 0 Å². The molecule has 3 N–H and O–H groups in total. The van der Waals surface area contributed by atoms with Gasteiger partial charge in [-0.15, -0.1) is 0 Å². The molecule has 3 aliphatic rings. The second kappa shape index (κ2) is 8.73. The van der Waals surface area contributed by atoms with Gasteiger partial charge in [-0.05, 0) is 51.4 Å². The molecule has 0 aromatic carbocycles. The van der Waals surface area contributed by atoms with Crippen LogP contribution in [0.1, 0.15) is 64.2 Å². The van der Waals surface area contributed by atoms with Crippen LogP contribution < -0.4 is 10.6 Å². The van der Waals surface area contributed by atoms with Gasteiger partial charge in [0.1, 0.15) is 0 Å². The highest BCUT2D eigenvalue weighted by Gasteiger charge is 2.32. The van der Waals surface area contributed by atoms with Gasteiger partial charge in [-0.3, -0.25) is 9.59 Å². The van der Waals surface area contributed by atoms with Gasteiger partial charge in [-0.2, -0.15) is 0 Å². The fourth-order valence-electron chi connectivity index (χ4n) is 4.52. The van der Waals surface area contributed by atoms with E-state index in [0.717, 1.165) is 38.5 Å². The minimum absolute atomic E-state index is 0.0159. The van der Waals surface area contributed by atoms with Crippen LogP contribution in [0.15, 0.2) is 0 Å². The van der Waals surface area contributed by atoms with E-state index in [1.165, 1.54) is 12.8 Å². The highest BCUT2D eigenvalue weighted by atomic mass is 16.4. The Kier molecular flexibility index (Phi) is 6.38. The Balaban J connectivity index is 1.44. The molecule has 0 bridgehead atoms. The Hall–Kier alpha value is -1.79. The van der Waals surface area contributed by atoms with Crippen molar-refractivity contribution in [2.75, 3.05) is 13.1 Å². The second-order valence-electron chi connectivity index (χ2n) is 8.11. The first-order chi connectivity index (χ1) is 12.5. The molecule has 3 fully saturated rings. The first-order valence-electron chi connectivity index (χ1n) is 10.1. The fraction of sp³-hybridized carbons (Fsp3) is 0.842. The summed E-state index contributed by atoms with van der Waals surface area (Å²) in [5.41, 5.74) is 0. The van der Waals surface area contributed by atoms with E-state index in [-0.39, 0.29) is 29.8 Å². The predicted octanol–water partition coefficient (Wildman–Crippen LogP) is 2.11. The van der Waals surface area contributed by atoms with E-state index in [0.29, 0.717) is 32.0 Å². The van der Waals surface area contributed by atoms with E-state index in [4.69, 9.17) is 5.11 Å². The summed E-state index contributed by atoms with van der Waals surface area (Å²) in [6.07, 6.45) is 8.83. The smallest absolute Gasteiger partial charge is 0.317 e. The molecule has 0 aromatic rings. The Labute approximate surface area is 154 Å². The molecule has 1 unspecified atom stereocenters. The number of hydrogen-bond acceptors (Lipinski definition) is 3. The van der Waals surface area contributed by atoms with Crippen LogP contribution >= 0.6 is 0 Å². The molecule has 26 heavy (non-hydrogen) atoms. The Morgan fingerprint density at radius 2 is 1.42 bits per heavy atom. The van der Waals surface area contributed by atoms with E-state index in [9.17, 15) is 14.4 Å². The van der Waals surface area contributed by atoms with Crippen LogP contribution in [-0.2, 0) is 9.59 Å². The molecule has 7 nitrogen and oxygen atoms in total. The highest BCUT2D eigenvalue weighted by Crippen LogP contribution is 2.25. The minimum atomic E-state index is -0.731. The standard InChI is InChI=1S/C19H31N3O4/c23-17(20-16-9-7-13(8-10-16)18(24)25)14-4-3-11-22(12-14)19(26)21-15-5-1-2-6-15/h13-16H,1-12H2,(H,20,23)(H,21,26)(H,24,25). The summed E-state index contributed by atoms with van der Waals surface area (Å²) in [7, 11) is 0. The monoisotopic (exact) mass is 365 g/mol. The van der Waals surface area contributed by atoms with Gasteiger partial charge in [-0.1, -0.05) is 12.8 Å². The molecular formula is C19H31N3O4. The van der Waals surface area contributed by atoms with Crippen LogP contribution in [0.25, 0.3) is 0 Å². The van der Waals surface area contributed by atoms with Crippen LogP contribution in [-0.4, -0.2) is 53.1 Å². The van der Waals surface area contributed by atoms with E-state index in [2.05, 4.69) is 10.6 Å². The predicted molar refractivity (Wildman–Crippen MR) is 96.6 cm³/mol. The number of piperidine rings is 1. The molecule has 2 saturated carbocycles. The van der Waals surface area contributed by atoms with Crippen LogP contribution in [0.2, 0.25) is 0 Å². The van der Waals surface area contributed by atoms with Gasteiger partial charge >= 0.3 is 12.0 Å². The van der Waals surface area contributed by atoms with Crippen molar-refractivity contribution in [1.29, 1.82) is 0 Å². The Bertz CT molecular complexity index is 525.